The van der Waals surface area contributed by atoms with Gasteiger partial charge in [-0.3, -0.25) is 0 Å². The third-order valence-electron chi connectivity index (χ3n) is 3.48. The molecule has 0 aliphatic carbocycles. The summed E-state index contributed by atoms with van der Waals surface area (Å²) in [4.78, 5) is 8.61. The highest BCUT2D eigenvalue weighted by molar-refractivity contribution is 5.89. The molecule has 0 unspecified atom stereocenters. The SMILES string of the molecule is Cc1ccc(OCCNc2ncnc3ccc(C)cc23)cc1. The Kier molecular flexibility index (Phi) is 4.19. The van der Waals surface area contributed by atoms with Crippen LogP contribution in [0.25, 0.3) is 10.9 Å². The minimum Gasteiger partial charge on any atom is -0.492 e. The number of fused-ring (bicyclic) bond motifs is 1. The van der Waals surface area contributed by atoms with Crippen molar-refractivity contribution in [2.24, 2.45) is 0 Å². The average Bonchev–Trinajstić information content (AvgIpc) is 2.53. The van der Waals surface area contributed by atoms with Crippen molar-refractivity contribution >= 4 is 16.7 Å². The van der Waals surface area contributed by atoms with E-state index in [1.807, 2.05) is 30.3 Å². The summed E-state index contributed by atoms with van der Waals surface area (Å²) in [5.74, 6) is 1.73. The fourth-order valence-electron chi connectivity index (χ4n) is 2.28. The molecule has 0 radical (unpaired) electrons. The summed E-state index contributed by atoms with van der Waals surface area (Å²) in [7, 11) is 0. The molecule has 0 spiro atoms. The van der Waals surface area contributed by atoms with E-state index >= 15 is 0 Å². The molecule has 0 bridgehead atoms. The van der Waals surface area contributed by atoms with Crippen LogP contribution < -0.4 is 10.1 Å². The monoisotopic (exact) mass is 293 g/mol. The summed E-state index contributed by atoms with van der Waals surface area (Å²) in [6, 6.07) is 14.2. The summed E-state index contributed by atoms with van der Waals surface area (Å²) < 4.78 is 5.71. The predicted octanol–water partition coefficient (Wildman–Crippen LogP) is 3.74. The van der Waals surface area contributed by atoms with E-state index in [0.717, 1.165) is 22.5 Å². The van der Waals surface area contributed by atoms with Crippen molar-refractivity contribution in [3.05, 3.63) is 59.9 Å². The molecule has 0 aliphatic rings. The standard InChI is InChI=1S/C18H19N3O/c1-13-3-6-15(7-4-13)22-10-9-19-18-16-11-14(2)5-8-17(16)20-12-21-18/h3-8,11-12H,9-10H2,1-2H3,(H,19,20,21). The summed E-state index contributed by atoms with van der Waals surface area (Å²) in [6.45, 7) is 5.40. The maximum atomic E-state index is 5.71. The van der Waals surface area contributed by atoms with E-state index in [4.69, 9.17) is 4.74 Å². The lowest BCUT2D eigenvalue weighted by molar-refractivity contribution is 0.332. The average molecular weight is 293 g/mol. The molecule has 0 saturated heterocycles. The summed E-state index contributed by atoms with van der Waals surface area (Å²) in [6.07, 6.45) is 1.58. The first-order valence-electron chi connectivity index (χ1n) is 7.37. The first-order chi connectivity index (χ1) is 10.7. The molecule has 1 N–H and O–H groups in total. The van der Waals surface area contributed by atoms with Gasteiger partial charge in [-0.2, -0.15) is 0 Å². The number of hydrogen-bond donors (Lipinski definition) is 1. The van der Waals surface area contributed by atoms with Gasteiger partial charge in [0.25, 0.3) is 0 Å². The van der Waals surface area contributed by atoms with Gasteiger partial charge in [-0.15, -0.1) is 0 Å². The van der Waals surface area contributed by atoms with Gasteiger partial charge in [0.2, 0.25) is 0 Å². The summed E-state index contributed by atoms with van der Waals surface area (Å²) in [5, 5.41) is 4.36. The molecule has 0 aliphatic heterocycles. The topological polar surface area (TPSA) is 47.0 Å². The number of anilines is 1. The van der Waals surface area contributed by atoms with Crippen LogP contribution in [0.5, 0.6) is 5.75 Å². The minimum atomic E-state index is 0.584. The van der Waals surface area contributed by atoms with Crippen molar-refractivity contribution < 1.29 is 4.74 Å². The van der Waals surface area contributed by atoms with Crippen LogP contribution in [0.1, 0.15) is 11.1 Å². The first kappa shape index (κ1) is 14.3. The second-order valence-corrected chi connectivity index (χ2v) is 5.33. The molecule has 0 amide bonds. The predicted molar refractivity (Wildman–Crippen MR) is 89.4 cm³/mol. The Hall–Kier alpha value is -2.62. The molecule has 2 aromatic carbocycles. The van der Waals surface area contributed by atoms with Crippen LogP contribution >= 0.6 is 0 Å². The van der Waals surface area contributed by atoms with E-state index in [1.165, 1.54) is 11.1 Å². The van der Waals surface area contributed by atoms with E-state index in [0.29, 0.717) is 13.2 Å². The Bertz CT molecular complexity index is 769. The highest BCUT2D eigenvalue weighted by Gasteiger charge is 2.03. The number of benzene rings is 2. The summed E-state index contributed by atoms with van der Waals surface area (Å²) in [5.41, 5.74) is 3.37. The van der Waals surface area contributed by atoms with Gasteiger partial charge in [-0.1, -0.05) is 29.3 Å². The first-order valence-corrected chi connectivity index (χ1v) is 7.37. The zero-order chi connectivity index (χ0) is 15.4. The number of rotatable bonds is 5. The van der Waals surface area contributed by atoms with Gasteiger partial charge in [0.1, 0.15) is 24.5 Å². The molecule has 1 heterocycles. The van der Waals surface area contributed by atoms with Crippen LogP contribution in [0.4, 0.5) is 5.82 Å². The van der Waals surface area contributed by atoms with Gasteiger partial charge in [-0.05, 0) is 38.1 Å². The molecule has 3 aromatic rings. The highest BCUT2D eigenvalue weighted by Crippen LogP contribution is 2.20. The van der Waals surface area contributed by atoms with E-state index in [1.54, 1.807) is 6.33 Å². The molecule has 1 aromatic heterocycles. The zero-order valence-electron chi connectivity index (χ0n) is 12.8. The third-order valence-corrected chi connectivity index (χ3v) is 3.48. The molecule has 3 rings (SSSR count). The van der Waals surface area contributed by atoms with Crippen molar-refractivity contribution in [3.8, 4) is 5.75 Å². The molecule has 112 valence electrons. The smallest absolute Gasteiger partial charge is 0.137 e. The fourth-order valence-corrected chi connectivity index (χ4v) is 2.28. The normalized spacial score (nSPS) is 10.6. The largest absolute Gasteiger partial charge is 0.492 e. The number of nitrogens with zero attached hydrogens (tertiary/aromatic N) is 2. The molecule has 0 saturated carbocycles. The Morgan fingerprint density at radius 2 is 1.73 bits per heavy atom. The number of hydrogen-bond acceptors (Lipinski definition) is 4. The quantitative estimate of drug-likeness (QED) is 0.728. The highest BCUT2D eigenvalue weighted by atomic mass is 16.5. The Morgan fingerprint density at radius 1 is 0.955 bits per heavy atom. The van der Waals surface area contributed by atoms with E-state index < -0.39 is 0 Å². The summed E-state index contributed by atoms with van der Waals surface area (Å²) >= 11 is 0. The van der Waals surface area contributed by atoms with Crippen molar-refractivity contribution in [1.82, 2.24) is 9.97 Å². The fraction of sp³-hybridized carbons (Fsp3) is 0.222. The Labute approximate surface area is 130 Å². The van der Waals surface area contributed by atoms with Crippen molar-refractivity contribution in [2.45, 2.75) is 13.8 Å². The lowest BCUT2D eigenvalue weighted by Crippen LogP contribution is -2.12. The van der Waals surface area contributed by atoms with Gasteiger partial charge in [0.15, 0.2) is 0 Å². The molecular weight excluding hydrogens is 274 g/mol. The van der Waals surface area contributed by atoms with E-state index in [9.17, 15) is 0 Å². The van der Waals surface area contributed by atoms with E-state index in [-0.39, 0.29) is 0 Å². The lowest BCUT2D eigenvalue weighted by Gasteiger charge is -2.10. The van der Waals surface area contributed by atoms with Crippen LogP contribution in [0.2, 0.25) is 0 Å². The van der Waals surface area contributed by atoms with Gasteiger partial charge in [0, 0.05) is 5.39 Å². The minimum absolute atomic E-state index is 0.584. The molecule has 0 atom stereocenters. The second kappa shape index (κ2) is 6.43. The maximum Gasteiger partial charge on any atom is 0.137 e. The van der Waals surface area contributed by atoms with Crippen LogP contribution in [-0.2, 0) is 0 Å². The van der Waals surface area contributed by atoms with Crippen LogP contribution in [0, 0.1) is 13.8 Å². The van der Waals surface area contributed by atoms with Gasteiger partial charge in [-0.25, -0.2) is 9.97 Å². The van der Waals surface area contributed by atoms with Gasteiger partial charge >= 0.3 is 0 Å². The Balaban J connectivity index is 1.62. The second-order valence-electron chi connectivity index (χ2n) is 5.33. The van der Waals surface area contributed by atoms with Crippen LogP contribution in [-0.4, -0.2) is 23.1 Å². The van der Waals surface area contributed by atoms with Crippen molar-refractivity contribution in [2.75, 3.05) is 18.5 Å². The van der Waals surface area contributed by atoms with Crippen LogP contribution in [0.15, 0.2) is 48.8 Å². The van der Waals surface area contributed by atoms with Crippen molar-refractivity contribution in [3.63, 3.8) is 0 Å². The van der Waals surface area contributed by atoms with Gasteiger partial charge in [0.05, 0.1) is 12.1 Å². The van der Waals surface area contributed by atoms with E-state index in [2.05, 4.69) is 41.3 Å². The third kappa shape index (κ3) is 3.34. The molecule has 0 fully saturated rings. The molecule has 4 nitrogen and oxygen atoms in total. The Morgan fingerprint density at radius 3 is 2.55 bits per heavy atom. The van der Waals surface area contributed by atoms with Crippen LogP contribution in [0.3, 0.4) is 0 Å². The molecule has 22 heavy (non-hydrogen) atoms. The van der Waals surface area contributed by atoms with Crippen molar-refractivity contribution in [1.29, 1.82) is 0 Å². The molecule has 4 heteroatoms. The van der Waals surface area contributed by atoms with Gasteiger partial charge < -0.3 is 10.1 Å². The number of aryl methyl sites for hydroxylation is 2. The molecular formula is C18H19N3O. The number of aromatic nitrogens is 2. The number of ether oxygens (including phenoxy) is 1. The lowest BCUT2D eigenvalue weighted by atomic mass is 10.1. The maximum absolute atomic E-state index is 5.71. The zero-order valence-corrected chi connectivity index (χ0v) is 12.8. The number of nitrogens with one attached hydrogen (secondary N) is 1.